The molecule has 0 saturated carbocycles. The molecular weight excluding hydrogens is 382 g/mol. The van der Waals surface area contributed by atoms with Gasteiger partial charge in [0.25, 0.3) is 0 Å². The minimum absolute atomic E-state index is 0.117. The van der Waals surface area contributed by atoms with Crippen LogP contribution in [0.4, 0.5) is 8.78 Å². The van der Waals surface area contributed by atoms with Gasteiger partial charge in [-0.2, -0.15) is 5.01 Å². The fraction of sp³-hybridized carbons (Fsp3) is 0.0909. The normalized spacial score (nSPS) is 20.6. The summed E-state index contributed by atoms with van der Waals surface area (Å²) in [6.07, 6.45) is 1.48. The number of rotatable bonds is 2. The molecule has 5 rings (SSSR count). The molecule has 2 atom stereocenters. The topological polar surface area (TPSA) is 24.5 Å². The summed E-state index contributed by atoms with van der Waals surface area (Å²) in [5, 5.41) is 2.56. The van der Waals surface area contributed by atoms with Crippen molar-refractivity contribution in [3.63, 3.8) is 0 Å². The predicted octanol–water partition coefficient (Wildman–Crippen LogP) is 5.61. The Kier molecular flexibility index (Phi) is 4.07. The van der Waals surface area contributed by atoms with E-state index in [-0.39, 0.29) is 6.04 Å². The van der Waals surface area contributed by atoms with Gasteiger partial charge in [0.05, 0.1) is 11.7 Å². The van der Waals surface area contributed by atoms with Crippen LogP contribution in [0.25, 0.3) is 5.70 Å². The standard InChI is InChI=1S/C22H15ClF2N2O/c23-15-8-5-13(6-9-15)19-12-20-16-3-1-2-4-21(16)28-22(27(20)26-19)14-7-10-17(24)18(25)11-14/h1-12,20,22,26H/t20-,22-/m1/s1. The monoisotopic (exact) mass is 396 g/mol. The molecular formula is C22H15ClF2N2O. The Bertz CT molecular complexity index is 1080. The van der Waals surface area contributed by atoms with E-state index in [2.05, 4.69) is 11.5 Å². The van der Waals surface area contributed by atoms with E-state index in [1.54, 1.807) is 0 Å². The van der Waals surface area contributed by atoms with Crippen LogP contribution in [0.2, 0.25) is 5.02 Å². The molecule has 6 heteroatoms. The van der Waals surface area contributed by atoms with Crippen LogP contribution in [0.3, 0.4) is 0 Å². The van der Waals surface area contributed by atoms with Crippen molar-refractivity contribution in [2.45, 2.75) is 12.3 Å². The van der Waals surface area contributed by atoms with Gasteiger partial charge in [-0.25, -0.2) is 8.78 Å². The Morgan fingerprint density at radius 1 is 0.929 bits per heavy atom. The number of benzene rings is 3. The first-order valence-electron chi connectivity index (χ1n) is 8.83. The van der Waals surface area contributed by atoms with Crippen molar-refractivity contribution in [2.24, 2.45) is 0 Å². The summed E-state index contributed by atoms with van der Waals surface area (Å²) >= 11 is 6.00. The molecule has 28 heavy (non-hydrogen) atoms. The average molecular weight is 397 g/mol. The summed E-state index contributed by atoms with van der Waals surface area (Å²) < 4.78 is 33.4. The smallest absolute Gasteiger partial charge is 0.196 e. The third kappa shape index (κ3) is 2.84. The van der Waals surface area contributed by atoms with Gasteiger partial charge >= 0.3 is 0 Å². The summed E-state index contributed by atoms with van der Waals surface area (Å²) in [4.78, 5) is 0. The molecule has 3 aromatic rings. The van der Waals surface area contributed by atoms with Crippen molar-refractivity contribution in [2.75, 3.05) is 0 Å². The van der Waals surface area contributed by atoms with Crippen molar-refractivity contribution in [1.82, 2.24) is 10.4 Å². The molecule has 0 bridgehead atoms. The van der Waals surface area contributed by atoms with Crippen LogP contribution >= 0.6 is 11.6 Å². The van der Waals surface area contributed by atoms with Gasteiger partial charge in [-0.15, -0.1) is 0 Å². The molecule has 0 fully saturated rings. The van der Waals surface area contributed by atoms with Crippen LogP contribution in [0.1, 0.15) is 29.0 Å². The number of nitrogens with one attached hydrogen (secondary N) is 1. The Morgan fingerprint density at radius 3 is 2.50 bits per heavy atom. The molecule has 0 amide bonds. The van der Waals surface area contributed by atoms with Crippen LogP contribution in [-0.4, -0.2) is 5.01 Å². The fourth-order valence-corrected chi connectivity index (χ4v) is 3.75. The number of nitrogens with zero attached hydrogens (tertiary/aromatic N) is 1. The molecule has 0 radical (unpaired) electrons. The first kappa shape index (κ1) is 17.2. The van der Waals surface area contributed by atoms with Crippen molar-refractivity contribution < 1.29 is 13.5 Å². The molecule has 3 aromatic carbocycles. The van der Waals surface area contributed by atoms with Crippen LogP contribution in [-0.2, 0) is 0 Å². The SMILES string of the molecule is Fc1ccc([C@H]2Oc3ccccc3[C@H]3C=C(c4ccc(Cl)cc4)NN32)cc1F. The number of para-hydroxylation sites is 1. The van der Waals surface area contributed by atoms with Gasteiger partial charge in [-0.1, -0.05) is 48.0 Å². The summed E-state index contributed by atoms with van der Waals surface area (Å²) in [6.45, 7) is 0. The van der Waals surface area contributed by atoms with Gasteiger partial charge in [0, 0.05) is 16.1 Å². The zero-order valence-corrected chi connectivity index (χ0v) is 15.3. The maximum absolute atomic E-state index is 13.9. The van der Waals surface area contributed by atoms with Gasteiger partial charge in [0.1, 0.15) is 5.75 Å². The first-order chi connectivity index (χ1) is 13.6. The van der Waals surface area contributed by atoms with Crippen molar-refractivity contribution in [1.29, 1.82) is 0 Å². The van der Waals surface area contributed by atoms with E-state index in [9.17, 15) is 8.78 Å². The number of hydrazine groups is 1. The van der Waals surface area contributed by atoms with E-state index in [1.807, 2.05) is 53.5 Å². The quantitative estimate of drug-likeness (QED) is 0.609. The number of hydrogen-bond acceptors (Lipinski definition) is 3. The van der Waals surface area contributed by atoms with Crippen molar-refractivity contribution in [3.05, 3.63) is 106 Å². The molecule has 2 aliphatic heterocycles. The van der Waals surface area contributed by atoms with E-state index in [4.69, 9.17) is 16.3 Å². The minimum Gasteiger partial charge on any atom is -0.469 e. The zero-order valence-electron chi connectivity index (χ0n) is 14.6. The third-order valence-corrected chi connectivity index (χ3v) is 5.24. The number of ether oxygens (including phenoxy) is 1. The van der Waals surface area contributed by atoms with E-state index < -0.39 is 17.9 Å². The largest absolute Gasteiger partial charge is 0.469 e. The summed E-state index contributed by atoms with van der Waals surface area (Å²) in [7, 11) is 0. The lowest BCUT2D eigenvalue weighted by Gasteiger charge is -2.38. The molecule has 0 aliphatic carbocycles. The van der Waals surface area contributed by atoms with Crippen LogP contribution in [0.15, 0.2) is 72.8 Å². The first-order valence-corrected chi connectivity index (χ1v) is 9.21. The lowest BCUT2D eigenvalue weighted by atomic mass is 10.0. The Balaban J connectivity index is 1.58. The van der Waals surface area contributed by atoms with Gasteiger partial charge in [-0.05, 0) is 42.0 Å². The van der Waals surface area contributed by atoms with Crippen LogP contribution in [0, 0.1) is 11.6 Å². The molecule has 2 aliphatic rings. The minimum atomic E-state index is -0.901. The van der Waals surface area contributed by atoms with E-state index >= 15 is 0 Å². The summed E-state index contributed by atoms with van der Waals surface area (Å²) in [5.74, 6) is -1.07. The highest BCUT2D eigenvalue weighted by atomic mass is 35.5. The Hall–Kier alpha value is -2.89. The molecule has 2 heterocycles. The highest BCUT2D eigenvalue weighted by Crippen LogP contribution is 2.45. The second-order valence-electron chi connectivity index (χ2n) is 6.73. The molecule has 0 spiro atoms. The number of fused-ring (bicyclic) bond motifs is 3. The highest BCUT2D eigenvalue weighted by molar-refractivity contribution is 6.30. The van der Waals surface area contributed by atoms with Crippen molar-refractivity contribution >= 4 is 17.3 Å². The average Bonchev–Trinajstić information content (AvgIpc) is 3.16. The molecule has 0 saturated heterocycles. The number of hydrogen-bond donors (Lipinski definition) is 1. The number of halogens is 3. The molecule has 140 valence electrons. The second-order valence-corrected chi connectivity index (χ2v) is 7.17. The summed E-state index contributed by atoms with van der Waals surface area (Å²) in [6, 6.07) is 18.9. The van der Waals surface area contributed by atoms with Crippen LogP contribution in [0.5, 0.6) is 5.75 Å². The van der Waals surface area contributed by atoms with Crippen molar-refractivity contribution in [3.8, 4) is 5.75 Å². The zero-order chi connectivity index (χ0) is 19.3. The van der Waals surface area contributed by atoms with Gasteiger partial charge < -0.3 is 10.2 Å². The maximum Gasteiger partial charge on any atom is 0.196 e. The predicted molar refractivity (Wildman–Crippen MR) is 103 cm³/mol. The van der Waals surface area contributed by atoms with E-state index in [0.717, 1.165) is 22.9 Å². The third-order valence-electron chi connectivity index (χ3n) is 4.99. The lowest BCUT2D eigenvalue weighted by Crippen LogP contribution is -2.43. The Labute approximate surface area is 165 Å². The van der Waals surface area contributed by atoms with Crippen LogP contribution < -0.4 is 10.2 Å². The molecule has 1 N–H and O–H groups in total. The fourth-order valence-electron chi connectivity index (χ4n) is 3.62. The second kappa shape index (κ2) is 6.62. The molecule has 0 aromatic heterocycles. The molecule has 3 nitrogen and oxygen atoms in total. The Morgan fingerprint density at radius 2 is 1.71 bits per heavy atom. The maximum atomic E-state index is 13.9. The van der Waals surface area contributed by atoms with Gasteiger partial charge in [0.15, 0.2) is 17.9 Å². The van der Waals surface area contributed by atoms with E-state index in [0.29, 0.717) is 16.3 Å². The highest BCUT2D eigenvalue weighted by Gasteiger charge is 2.40. The molecule has 0 unspecified atom stereocenters. The van der Waals surface area contributed by atoms with Gasteiger partial charge in [-0.3, -0.25) is 0 Å². The lowest BCUT2D eigenvalue weighted by molar-refractivity contribution is -0.0328. The van der Waals surface area contributed by atoms with Gasteiger partial charge in [0.2, 0.25) is 0 Å². The van der Waals surface area contributed by atoms with E-state index in [1.165, 1.54) is 12.1 Å². The summed E-state index contributed by atoms with van der Waals surface area (Å²) in [5.41, 5.74) is 6.76.